The predicted octanol–water partition coefficient (Wildman–Crippen LogP) is 9.46. The average Bonchev–Trinajstić information content (AvgIpc) is 3.21. The molecule has 0 amide bonds. The molecule has 3 aromatic carbocycles. The average molecular weight is 510 g/mol. The van der Waals surface area contributed by atoms with Crippen LogP contribution in [0.3, 0.4) is 0 Å². The number of hydrogen-bond acceptors (Lipinski definition) is 0. The van der Waals surface area contributed by atoms with Crippen molar-refractivity contribution in [3.63, 3.8) is 0 Å². The summed E-state index contributed by atoms with van der Waals surface area (Å²) in [5.41, 5.74) is 11.8. The summed E-state index contributed by atoms with van der Waals surface area (Å²) < 4.78 is 1.22. The number of hydrogen-bond donors (Lipinski definition) is 0. The van der Waals surface area contributed by atoms with E-state index in [9.17, 15) is 0 Å². The second-order valence-corrected chi connectivity index (χ2v) is 12.4. The van der Waals surface area contributed by atoms with Crippen LogP contribution in [0.1, 0.15) is 74.9 Å². The van der Waals surface area contributed by atoms with Gasteiger partial charge in [-0.15, -0.1) is 0 Å². The van der Waals surface area contributed by atoms with E-state index in [1.807, 2.05) is 12.2 Å². The molecule has 0 atom stereocenters. The second-order valence-electron chi connectivity index (χ2n) is 11.6. The summed E-state index contributed by atoms with van der Waals surface area (Å²) in [4.78, 5) is 0. The highest BCUT2D eigenvalue weighted by Crippen LogP contribution is 2.64. The van der Waals surface area contributed by atoms with Crippen molar-refractivity contribution in [3.05, 3.63) is 123 Å². The van der Waals surface area contributed by atoms with Gasteiger partial charge in [0.25, 0.3) is 0 Å². The van der Waals surface area contributed by atoms with E-state index in [-0.39, 0.29) is 16.2 Å². The molecule has 0 aliphatic heterocycles. The minimum atomic E-state index is -0.357. The summed E-state index contributed by atoms with van der Waals surface area (Å²) in [6.07, 6.45) is 6.09. The van der Waals surface area contributed by atoms with Crippen LogP contribution in [0.4, 0.5) is 0 Å². The van der Waals surface area contributed by atoms with Gasteiger partial charge in [0.1, 0.15) is 0 Å². The number of halogens is 1. The van der Waals surface area contributed by atoms with E-state index in [1.54, 1.807) is 0 Å². The number of rotatable bonds is 2. The number of benzene rings is 3. The lowest BCUT2D eigenvalue weighted by atomic mass is 9.72. The van der Waals surface area contributed by atoms with Crippen LogP contribution < -0.4 is 0 Å². The van der Waals surface area contributed by atoms with E-state index in [4.69, 9.17) is 0 Å². The largest absolute Gasteiger partial charge is 0.0991 e. The van der Waals surface area contributed by atoms with Crippen LogP contribution in [0.2, 0.25) is 0 Å². The molecule has 0 aromatic heterocycles. The zero-order chi connectivity index (χ0) is 24.5. The summed E-state index contributed by atoms with van der Waals surface area (Å²) in [6.45, 7) is 17.7. The first-order valence-electron chi connectivity index (χ1n) is 12.1. The van der Waals surface area contributed by atoms with Crippen molar-refractivity contribution < 1.29 is 0 Å². The SMILES string of the molecule is C=C/C=C\C1=C(Br)C2(c3ccccc31)c1cc(C(C)(C)C)ccc1-c1ccc(C(C)(C)C)cc12. The maximum absolute atomic E-state index is 4.18. The summed E-state index contributed by atoms with van der Waals surface area (Å²) in [5, 5.41) is 0. The van der Waals surface area contributed by atoms with Crippen molar-refractivity contribution >= 4 is 21.5 Å². The molecule has 0 N–H and O–H groups in total. The van der Waals surface area contributed by atoms with Crippen LogP contribution >= 0.6 is 15.9 Å². The summed E-state index contributed by atoms with van der Waals surface area (Å²) >= 11 is 4.18. The quantitative estimate of drug-likeness (QED) is 0.302. The van der Waals surface area contributed by atoms with E-state index in [0.29, 0.717) is 0 Å². The van der Waals surface area contributed by atoms with Crippen molar-refractivity contribution in [2.75, 3.05) is 0 Å². The Morgan fingerprint density at radius 2 is 1.24 bits per heavy atom. The predicted molar refractivity (Wildman–Crippen MR) is 151 cm³/mol. The van der Waals surface area contributed by atoms with Gasteiger partial charge in [0.05, 0.1) is 5.41 Å². The lowest BCUT2D eigenvalue weighted by Gasteiger charge is -2.32. The van der Waals surface area contributed by atoms with Crippen molar-refractivity contribution in [1.29, 1.82) is 0 Å². The topological polar surface area (TPSA) is 0 Å². The molecule has 1 spiro atoms. The molecule has 0 bridgehead atoms. The van der Waals surface area contributed by atoms with Gasteiger partial charge >= 0.3 is 0 Å². The summed E-state index contributed by atoms with van der Waals surface area (Å²) in [5.74, 6) is 0. The maximum atomic E-state index is 4.18. The molecule has 2 aliphatic carbocycles. The molecular weight excluding hydrogens is 476 g/mol. The minimum absolute atomic E-state index is 0.0709. The van der Waals surface area contributed by atoms with Crippen LogP contribution in [0.25, 0.3) is 16.7 Å². The number of allylic oxidation sites excluding steroid dienone is 5. The van der Waals surface area contributed by atoms with Crippen molar-refractivity contribution in [1.82, 2.24) is 0 Å². The summed E-state index contributed by atoms with van der Waals surface area (Å²) in [6, 6.07) is 23.2. The molecule has 2 aliphatic rings. The highest BCUT2D eigenvalue weighted by molar-refractivity contribution is 9.12. The standard InChI is InChI=1S/C33H33Br/c1-8-9-12-26-23-13-10-11-14-27(23)33(30(26)34)28-19-21(31(2,3)4)15-17-24(28)25-18-16-22(20-29(25)33)32(5,6)7/h8-20H,1H2,2-7H3/b12-9-. The van der Waals surface area contributed by atoms with Crippen molar-refractivity contribution in [2.24, 2.45) is 0 Å². The molecule has 0 heterocycles. The van der Waals surface area contributed by atoms with Crippen LogP contribution in [0.15, 0.2) is 90.0 Å². The molecule has 1 heteroatoms. The van der Waals surface area contributed by atoms with E-state index in [0.717, 1.165) is 0 Å². The first kappa shape index (κ1) is 23.1. The molecule has 0 nitrogen and oxygen atoms in total. The first-order valence-corrected chi connectivity index (χ1v) is 12.9. The third-order valence-electron chi connectivity index (χ3n) is 7.46. The normalized spacial score (nSPS) is 16.2. The Morgan fingerprint density at radius 3 is 1.74 bits per heavy atom. The molecule has 0 unspecified atom stereocenters. The Hall–Kier alpha value is -2.64. The maximum Gasteiger partial charge on any atom is 0.0791 e. The smallest absolute Gasteiger partial charge is 0.0791 e. The van der Waals surface area contributed by atoms with Gasteiger partial charge in [-0.1, -0.05) is 143 Å². The first-order chi connectivity index (χ1) is 16.0. The molecular formula is C33H33Br. The molecule has 0 saturated heterocycles. The van der Waals surface area contributed by atoms with Gasteiger partial charge < -0.3 is 0 Å². The Balaban J connectivity index is 1.95. The van der Waals surface area contributed by atoms with Gasteiger partial charge in [0.2, 0.25) is 0 Å². The molecule has 3 aromatic rings. The highest BCUT2D eigenvalue weighted by atomic mass is 79.9. The zero-order valence-electron chi connectivity index (χ0n) is 21.1. The molecule has 5 rings (SSSR count). The molecule has 172 valence electrons. The van der Waals surface area contributed by atoms with Crippen molar-refractivity contribution in [3.8, 4) is 11.1 Å². The summed E-state index contributed by atoms with van der Waals surface area (Å²) in [7, 11) is 0. The van der Waals surface area contributed by atoms with E-state index >= 15 is 0 Å². The van der Waals surface area contributed by atoms with Crippen LogP contribution in [0.5, 0.6) is 0 Å². The molecule has 0 saturated carbocycles. The van der Waals surface area contributed by atoms with Gasteiger partial charge in [0, 0.05) is 4.48 Å². The third-order valence-corrected chi connectivity index (χ3v) is 8.48. The molecule has 34 heavy (non-hydrogen) atoms. The highest BCUT2D eigenvalue weighted by Gasteiger charge is 2.52. The van der Waals surface area contributed by atoms with E-state index < -0.39 is 0 Å². The fraction of sp³-hybridized carbons (Fsp3) is 0.273. The molecule has 0 fully saturated rings. The lowest BCUT2D eigenvalue weighted by molar-refractivity contribution is 0.587. The Labute approximate surface area is 213 Å². The van der Waals surface area contributed by atoms with Crippen LogP contribution in [-0.4, -0.2) is 0 Å². The van der Waals surface area contributed by atoms with Gasteiger partial charge in [-0.3, -0.25) is 0 Å². The van der Waals surface area contributed by atoms with Gasteiger partial charge in [-0.25, -0.2) is 0 Å². The van der Waals surface area contributed by atoms with Gasteiger partial charge in [0.15, 0.2) is 0 Å². The monoisotopic (exact) mass is 508 g/mol. The fourth-order valence-corrected chi connectivity index (χ4v) is 6.58. The molecule has 0 radical (unpaired) electrons. The lowest BCUT2D eigenvalue weighted by Crippen LogP contribution is -2.26. The minimum Gasteiger partial charge on any atom is -0.0991 e. The second kappa shape index (κ2) is 7.68. The number of fused-ring (bicyclic) bond motifs is 7. The third kappa shape index (κ3) is 3.17. The van der Waals surface area contributed by atoms with Gasteiger partial charge in [-0.2, -0.15) is 0 Å². The van der Waals surface area contributed by atoms with Crippen molar-refractivity contribution in [2.45, 2.75) is 57.8 Å². The van der Waals surface area contributed by atoms with Crippen LogP contribution in [0, 0.1) is 0 Å². The Morgan fingerprint density at radius 1 is 0.706 bits per heavy atom. The Bertz CT molecular complexity index is 1320. The van der Waals surface area contributed by atoms with E-state index in [1.165, 1.54) is 54.6 Å². The Kier molecular flexibility index (Phi) is 5.22. The van der Waals surface area contributed by atoms with Crippen LogP contribution in [-0.2, 0) is 16.2 Å². The fourth-order valence-electron chi connectivity index (χ4n) is 5.59. The zero-order valence-corrected chi connectivity index (χ0v) is 22.7. The van der Waals surface area contributed by atoms with E-state index in [2.05, 4.69) is 131 Å². The van der Waals surface area contributed by atoms with Gasteiger partial charge in [-0.05, 0) is 60.9 Å².